The average Bonchev–Trinajstić information content (AvgIpc) is 3.44. The number of fused-ring (bicyclic) bond motifs is 2. The van der Waals surface area contributed by atoms with Gasteiger partial charge in [0.2, 0.25) is 6.79 Å². The van der Waals surface area contributed by atoms with Crippen molar-refractivity contribution in [2.45, 2.75) is 44.6 Å². The molecule has 3 aromatic rings. The Morgan fingerprint density at radius 1 is 1.12 bits per heavy atom. The lowest BCUT2D eigenvalue weighted by Crippen LogP contribution is -2.39. The number of benzene rings is 2. The Balaban J connectivity index is 1.35. The normalized spacial score (nSPS) is 20.4. The minimum atomic E-state index is -4.26. The van der Waals surface area contributed by atoms with Crippen LogP contribution in [0.1, 0.15) is 33.6 Å². The minimum absolute atomic E-state index is 0.0753. The summed E-state index contributed by atoms with van der Waals surface area (Å²) in [5.41, 5.74) is 1.35. The number of thiazole rings is 1. The van der Waals surface area contributed by atoms with Gasteiger partial charge in [0, 0.05) is 12.2 Å². The molecule has 0 spiro atoms. The molecule has 2 aliphatic heterocycles. The number of aromatic nitrogens is 1. The summed E-state index contributed by atoms with van der Waals surface area (Å²) in [7, 11) is -4.26. The highest BCUT2D eigenvalue weighted by molar-refractivity contribution is 7.87. The number of rotatable bonds is 4. The smallest absolute Gasteiger partial charge is 0.341 e. The van der Waals surface area contributed by atoms with E-state index in [0.29, 0.717) is 41.2 Å². The molecule has 1 saturated heterocycles. The lowest BCUT2D eigenvalue weighted by molar-refractivity contribution is -0.146. The van der Waals surface area contributed by atoms with Crippen molar-refractivity contribution in [3.05, 3.63) is 36.4 Å². The number of carbonyl (C=O) groups excluding carboxylic acids is 1. The van der Waals surface area contributed by atoms with Crippen molar-refractivity contribution >= 4 is 37.6 Å². The second-order valence-corrected chi connectivity index (χ2v) is 12.1. The third-order valence-corrected chi connectivity index (χ3v) is 8.33. The Bertz CT molecular complexity index is 1360. The van der Waals surface area contributed by atoms with Crippen LogP contribution in [0.15, 0.2) is 41.3 Å². The van der Waals surface area contributed by atoms with Gasteiger partial charge in [0.25, 0.3) is 0 Å². The maximum atomic E-state index is 12.9. The summed E-state index contributed by atoms with van der Waals surface area (Å²) in [5.74, 6) is 0.0765. The zero-order chi connectivity index (χ0) is 24.1. The molecule has 0 saturated carbocycles. The number of hydrogen-bond acceptors (Lipinski definition) is 9. The molecule has 34 heavy (non-hydrogen) atoms. The van der Waals surface area contributed by atoms with Crippen LogP contribution < -0.4 is 9.47 Å². The summed E-state index contributed by atoms with van der Waals surface area (Å²) in [6.07, 6.45) is 0.739. The second-order valence-electron chi connectivity index (χ2n) is 9.52. The third-order valence-electron chi connectivity index (χ3n) is 6.04. The van der Waals surface area contributed by atoms with Gasteiger partial charge < -0.3 is 18.4 Å². The molecule has 10 heteroatoms. The first-order valence-electron chi connectivity index (χ1n) is 11.0. The lowest BCUT2D eigenvalue weighted by Gasteiger charge is -2.36. The SMILES string of the molecule is CC(C)(C)C1CC(C(=O)OS(=O)(=O)c2ccc3nc(-c4ccc5c(c4)OCO5)sc3c2)CCO1. The van der Waals surface area contributed by atoms with Crippen molar-refractivity contribution in [2.75, 3.05) is 13.4 Å². The van der Waals surface area contributed by atoms with Gasteiger partial charge in [-0.25, -0.2) is 4.98 Å². The molecule has 3 heterocycles. The first-order chi connectivity index (χ1) is 16.1. The van der Waals surface area contributed by atoms with Crippen molar-refractivity contribution in [1.82, 2.24) is 4.98 Å². The molecule has 2 aromatic carbocycles. The summed E-state index contributed by atoms with van der Waals surface area (Å²) in [6.45, 7) is 6.68. The van der Waals surface area contributed by atoms with Crippen molar-refractivity contribution in [3.63, 3.8) is 0 Å². The Hall–Kier alpha value is -2.69. The summed E-state index contributed by atoms with van der Waals surface area (Å²) in [6, 6.07) is 10.1. The van der Waals surface area contributed by atoms with E-state index in [4.69, 9.17) is 18.4 Å². The number of hydrogen-bond donors (Lipinski definition) is 0. The maximum Gasteiger partial charge on any atom is 0.341 e. The molecule has 2 atom stereocenters. The van der Waals surface area contributed by atoms with Gasteiger partial charge in [-0.05, 0) is 54.7 Å². The summed E-state index contributed by atoms with van der Waals surface area (Å²) >= 11 is 1.35. The van der Waals surface area contributed by atoms with Crippen LogP contribution in [-0.4, -0.2) is 38.9 Å². The second kappa shape index (κ2) is 8.51. The van der Waals surface area contributed by atoms with Gasteiger partial charge in [0.05, 0.1) is 22.2 Å². The Labute approximate surface area is 201 Å². The zero-order valence-corrected chi connectivity index (χ0v) is 20.7. The largest absolute Gasteiger partial charge is 0.454 e. The number of ether oxygens (including phenoxy) is 3. The van der Waals surface area contributed by atoms with Gasteiger partial charge >= 0.3 is 16.1 Å². The monoisotopic (exact) mass is 503 g/mol. The fourth-order valence-electron chi connectivity index (χ4n) is 4.05. The lowest BCUT2D eigenvalue weighted by atomic mass is 9.81. The molecule has 0 amide bonds. The van der Waals surface area contributed by atoms with E-state index in [2.05, 4.69) is 4.98 Å². The highest BCUT2D eigenvalue weighted by atomic mass is 32.2. The fourth-order valence-corrected chi connectivity index (χ4v) is 6.07. The molecule has 0 bridgehead atoms. The summed E-state index contributed by atoms with van der Waals surface area (Å²) in [4.78, 5) is 17.2. The fraction of sp³-hybridized carbons (Fsp3) is 0.417. The molecule has 1 aromatic heterocycles. The van der Waals surface area contributed by atoms with Crippen molar-refractivity contribution in [2.24, 2.45) is 11.3 Å². The molecule has 8 nitrogen and oxygen atoms in total. The molecule has 0 N–H and O–H groups in total. The molecular weight excluding hydrogens is 478 g/mol. The highest BCUT2D eigenvalue weighted by Crippen LogP contribution is 2.39. The van der Waals surface area contributed by atoms with Crippen LogP contribution in [0.25, 0.3) is 20.8 Å². The van der Waals surface area contributed by atoms with Gasteiger partial charge in [-0.3, -0.25) is 4.79 Å². The Kier molecular flexibility index (Phi) is 5.78. The van der Waals surface area contributed by atoms with E-state index in [0.717, 1.165) is 10.6 Å². The van der Waals surface area contributed by atoms with Crippen LogP contribution >= 0.6 is 11.3 Å². The number of carbonyl (C=O) groups is 1. The van der Waals surface area contributed by atoms with Gasteiger partial charge in [0.15, 0.2) is 11.5 Å². The van der Waals surface area contributed by atoms with Crippen LogP contribution in [0.5, 0.6) is 11.5 Å². The van der Waals surface area contributed by atoms with E-state index in [-0.39, 0.29) is 23.2 Å². The Morgan fingerprint density at radius 2 is 1.91 bits per heavy atom. The van der Waals surface area contributed by atoms with Crippen molar-refractivity contribution in [3.8, 4) is 22.1 Å². The van der Waals surface area contributed by atoms with Crippen molar-refractivity contribution < 1.29 is 31.6 Å². The minimum Gasteiger partial charge on any atom is -0.454 e. The molecular formula is C24H25NO7S2. The predicted octanol–water partition coefficient (Wildman–Crippen LogP) is 4.77. The number of nitrogens with zero attached hydrogens (tertiary/aromatic N) is 1. The first kappa shape index (κ1) is 23.1. The first-order valence-corrected chi connectivity index (χ1v) is 13.2. The van der Waals surface area contributed by atoms with E-state index >= 15 is 0 Å². The van der Waals surface area contributed by atoms with Crippen LogP contribution in [0, 0.1) is 11.3 Å². The summed E-state index contributed by atoms with van der Waals surface area (Å²) in [5, 5.41) is 0.718. The molecule has 2 aliphatic rings. The van der Waals surface area contributed by atoms with Crippen molar-refractivity contribution in [1.29, 1.82) is 0 Å². The molecule has 0 radical (unpaired) electrons. The third kappa shape index (κ3) is 4.49. The molecule has 180 valence electrons. The van der Waals surface area contributed by atoms with Crippen LogP contribution in [0.3, 0.4) is 0 Å². The van der Waals surface area contributed by atoms with Gasteiger partial charge in [0.1, 0.15) is 9.90 Å². The molecule has 2 unspecified atom stereocenters. The van der Waals surface area contributed by atoms with E-state index in [1.807, 2.05) is 39.0 Å². The van der Waals surface area contributed by atoms with E-state index in [9.17, 15) is 13.2 Å². The standard InChI is InChI=1S/C24H25NO7S2/c1-24(2,3)21-11-15(8-9-29-21)23(26)32-34(27,28)16-5-6-17-20(12-16)33-22(25-17)14-4-7-18-19(10-14)31-13-30-18/h4-7,10,12,15,21H,8-9,11,13H2,1-3H3. The molecule has 0 aliphatic carbocycles. The average molecular weight is 504 g/mol. The van der Waals surface area contributed by atoms with Gasteiger partial charge in [-0.15, -0.1) is 11.3 Å². The zero-order valence-electron chi connectivity index (χ0n) is 19.1. The van der Waals surface area contributed by atoms with Gasteiger partial charge in [-0.2, -0.15) is 8.42 Å². The maximum absolute atomic E-state index is 12.9. The van der Waals surface area contributed by atoms with Crippen LogP contribution in [0.2, 0.25) is 0 Å². The Morgan fingerprint density at radius 3 is 2.71 bits per heavy atom. The van der Waals surface area contributed by atoms with E-state index in [1.165, 1.54) is 23.5 Å². The molecule has 5 rings (SSSR count). The molecule has 1 fully saturated rings. The van der Waals surface area contributed by atoms with Crippen LogP contribution in [-0.2, 0) is 23.8 Å². The quantitative estimate of drug-likeness (QED) is 0.470. The topological polar surface area (TPSA) is 101 Å². The van der Waals surface area contributed by atoms with Crippen LogP contribution in [0.4, 0.5) is 0 Å². The van der Waals surface area contributed by atoms with E-state index < -0.39 is 22.0 Å². The highest BCUT2D eigenvalue weighted by Gasteiger charge is 2.37. The predicted molar refractivity (Wildman–Crippen MR) is 126 cm³/mol. The van der Waals surface area contributed by atoms with Gasteiger partial charge in [-0.1, -0.05) is 20.8 Å². The van der Waals surface area contributed by atoms with E-state index in [1.54, 1.807) is 6.07 Å². The summed E-state index contributed by atoms with van der Waals surface area (Å²) < 4.78 is 48.0.